The number of hydrogen-bond donors (Lipinski definition) is 1. The highest BCUT2D eigenvalue weighted by molar-refractivity contribution is 9.10. The van der Waals surface area contributed by atoms with Crippen molar-refractivity contribution in [1.82, 2.24) is 20.2 Å². The van der Waals surface area contributed by atoms with Crippen molar-refractivity contribution in [1.29, 1.82) is 0 Å². The number of aromatic nitrogens is 3. The Morgan fingerprint density at radius 2 is 1.80 bits per heavy atom. The Morgan fingerprint density at radius 3 is 2.51 bits per heavy atom. The maximum absolute atomic E-state index is 12.4. The number of benzene rings is 3. The minimum absolute atomic E-state index is 0.143. The van der Waals surface area contributed by atoms with Crippen LogP contribution in [-0.4, -0.2) is 39.2 Å². The monoisotopic (exact) mass is 549 g/mol. The van der Waals surface area contributed by atoms with Crippen LogP contribution in [0.3, 0.4) is 0 Å². The molecule has 1 aromatic heterocycles. The van der Waals surface area contributed by atoms with Crippen LogP contribution in [0.1, 0.15) is 18.9 Å². The van der Waals surface area contributed by atoms with Gasteiger partial charge in [-0.3, -0.25) is 9.36 Å². The largest absolute Gasteiger partial charge is 0.494 e. The van der Waals surface area contributed by atoms with Crippen molar-refractivity contribution in [3.63, 3.8) is 0 Å². The van der Waals surface area contributed by atoms with Gasteiger partial charge < -0.3 is 4.74 Å². The number of hydrazone groups is 1. The second kappa shape index (κ2) is 12.3. The Balaban J connectivity index is 1.42. The van der Waals surface area contributed by atoms with Crippen molar-refractivity contribution in [2.24, 2.45) is 5.10 Å². The highest BCUT2D eigenvalue weighted by Crippen LogP contribution is 2.28. The lowest BCUT2D eigenvalue weighted by Gasteiger charge is -2.10. The average molecular weight is 550 g/mol. The molecule has 0 unspecified atom stereocenters. The Kier molecular flexibility index (Phi) is 8.69. The first-order chi connectivity index (χ1) is 17.1. The van der Waals surface area contributed by atoms with Gasteiger partial charge in [-0.1, -0.05) is 64.9 Å². The zero-order valence-corrected chi connectivity index (χ0v) is 21.5. The summed E-state index contributed by atoms with van der Waals surface area (Å²) in [5.74, 6) is 1.43. The van der Waals surface area contributed by atoms with Gasteiger partial charge in [-0.05, 0) is 60.5 Å². The average Bonchev–Trinajstić information content (AvgIpc) is 3.32. The smallest absolute Gasteiger partial charge is 0.250 e. The zero-order chi connectivity index (χ0) is 24.5. The first-order valence-electron chi connectivity index (χ1n) is 11.1. The summed E-state index contributed by atoms with van der Waals surface area (Å²) in [6.07, 6.45) is 2.56. The molecule has 0 fully saturated rings. The van der Waals surface area contributed by atoms with Crippen LogP contribution >= 0.6 is 27.7 Å². The van der Waals surface area contributed by atoms with Gasteiger partial charge in [-0.2, -0.15) is 5.10 Å². The van der Waals surface area contributed by atoms with Gasteiger partial charge in [0.05, 0.1) is 18.6 Å². The molecule has 1 N–H and O–H groups in total. The van der Waals surface area contributed by atoms with Crippen LogP contribution in [0.25, 0.3) is 17.1 Å². The zero-order valence-electron chi connectivity index (χ0n) is 19.1. The maximum Gasteiger partial charge on any atom is 0.250 e. The highest BCUT2D eigenvalue weighted by Gasteiger charge is 2.17. The predicted molar refractivity (Wildman–Crippen MR) is 143 cm³/mol. The molecule has 4 rings (SSSR count). The number of ether oxygens (including phenoxy) is 1. The molecule has 0 aliphatic heterocycles. The summed E-state index contributed by atoms with van der Waals surface area (Å²) in [6.45, 7) is 2.75. The third kappa shape index (κ3) is 6.80. The molecule has 4 aromatic rings. The number of nitrogens with one attached hydrogen (secondary N) is 1. The summed E-state index contributed by atoms with van der Waals surface area (Å²) in [4.78, 5) is 12.4. The van der Waals surface area contributed by atoms with Gasteiger partial charge in [0.25, 0.3) is 5.91 Å². The molecule has 0 aliphatic carbocycles. The fourth-order valence-electron chi connectivity index (χ4n) is 3.17. The van der Waals surface area contributed by atoms with Crippen LogP contribution in [0, 0.1) is 0 Å². The number of carbonyl (C=O) groups is 1. The lowest BCUT2D eigenvalue weighted by atomic mass is 10.2. The van der Waals surface area contributed by atoms with Crippen LogP contribution in [-0.2, 0) is 4.79 Å². The molecule has 1 amide bonds. The summed E-state index contributed by atoms with van der Waals surface area (Å²) < 4.78 is 8.50. The predicted octanol–water partition coefficient (Wildman–Crippen LogP) is 5.73. The van der Waals surface area contributed by atoms with E-state index in [1.165, 1.54) is 11.8 Å². The molecule has 35 heavy (non-hydrogen) atoms. The summed E-state index contributed by atoms with van der Waals surface area (Å²) in [6, 6.07) is 25.3. The molecule has 9 heteroatoms. The summed E-state index contributed by atoms with van der Waals surface area (Å²) in [5, 5.41) is 13.4. The summed E-state index contributed by atoms with van der Waals surface area (Å²) in [5.41, 5.74) is 5.28. The van der Waals surface area contributed by atoms with Gasteiger partial charge in [0, 0.05) is 15.7 Å². The molecule has 3 aromatic carbocycles. The van der Waals surface area contributed by atoms with Gasteiger partial charge in [0.1, 0.15) is 5.75 Å². The van der Waals surface area contributed by atoms with Crippen LogP contribution in [0.2, 0.25) is 0 Å². The van der Waals surface area contributed by atoms with E-state index in [9.17, 15) is 4.79 Å². The second-order valence-electron chi connectivity index (χ2n) is 7.48. The Bertz CT molecular complexity index is 1280. The van der Waals surface area contributed by atoms with E-state index < -0.39 is 0 Å². The van der Waals surface area contributed by atoms with Crippen molar-refractivity contribution in [3.05, 3.63) is 88.9 Å². The number of halogens is 1. The van der Waals surface area contributed by atoms with Gasteiger partial charge >= 0.3 is 0 Å². The topological polar surface area (TPSA) is 81.4 Å². The van der Waals surface area contributed by atoms with E-state index in [0.29, 0.717) is 17.6 Å². The summed E-state index contributed by atoms with van der Waals surface area (Å²) in [7, 11) is 0. The molecule has 7 nitrogen and oxygen atoms in total. The third-order valence-electron chi connectivity index (χ3n) is 4.84. The number of nitrogens with zero attached hydrogens (tertiary/aromatic N) is 4. The van der Waals surface area contributed by atoms with E-state index in [4.69, 9.17) is 4.74 Å². The van der Waals surface area contributed by atoms with Crippen molar-refractivity contribution in [2.75, 3.05) is 12.4 Å². The molecule has 1 heterocycles. The minimum atomic E-state index is -0.235. The molecule has 0 aliphatic rings. The molecule has 0 radical (unpaired) electrons. The first kappa shape index (κ1) is 24.7. The van der Waals surface area contributed by atoms with Gasteiger partial charge in [0.2, 0.25) is 0 Å². The Hall–Kier alpha value is -3.43. The first-order valence-corrected chi connectivity index (χ1v) is 12.9. The lowest BCUT2D eigenvalue weighted by molar-refractivity contribution is -0.118. The van der Waals surface area contributed by atoms with Gasteiger partial charge in [-0.25, -0.2) is 5.43 Å². The lowest BCUT2D eigenvalue weighted by Crippen LogP contribution is -2.20. The minimum Gasteiger partial charge on any atom is -0.494 e. The SMILES string of the molecule is CCCOc1ccc(/C=N\NC(=O)CSc2nnc(-c3ccccc3)n2-c2ccc(Br)cc2)cc1. The van der Waals surface area contributed by atoms with E-state index >= 15 is 0 Å². The van der Waals surface area contributed by atoms with E-state index in [-0.39, 0.29) is 11.7 Å². The van der Waals surface area contributed by atoms with Crippen LogP contribution in [0.4, 0.5) is 0 Å². The van der Waals surface area contributed by atoms with Gasteiger partial charge in [0.15, 0.2) is 11.0 Å². The van der Waals surface area contributed by atoms with Crippen LogP contribution < -0.4 is 10.2 Å². The number of amides is 1. The highest BCUT2D eigenvalue weighted by atomic mass is 79.9. The number of rotatable bonds is 10. The van der Waals surface area contributed by atoms with E-state index in [0.717, 1.165) is 33.5 Å². The third-order valence-corrected chi connectivity index (χ3v) is 6.30. The van der Waals surface area contributed by atoms with Crippen molar-refractivity contribution in [2.45, 2.75) is 18.5 Å². The molecule has 0 saturated heterocycles. The van der Waals surface area contributed by atoms with Crippen molar-refractivity contribution >= 4 is 39.8 Å². The number of hydrogen-bond acceptors (Lipinski definition) is 6. The molecule has 0 bridgehead atoms. The van der Waals surface area contributed by atoms with Crippen molar-refractivity contribution in [3.8, 4) is 22.8 Å². The quantitative estimate of drug-likeness (QED) is 0.155. The van der Waals surface area contributed by atoms with E-state index in [1.807, 2.05) is 83.4 Å². The maximum atomic E-state index is 12.4. The second-order valence-corrected chi connectivity index (χ2v) is 9.34. The molecule has 178 valence electrons. The van der Waals surface area contributed by atoms with E-state index in [1.54, 1.807) is 6.21 Å². The molecule has 0 spiro atoms. The normalized spacial score (nSPS) is 11.0. The van der Waals surface area contributed by atoms with E-state index in [2.05, 4.69) is 43.6 Å². The van der Waals surface area contributed by atoms with Crippen molar-refractivity contribution < 1.29 is 9.53 Å². The molecule has 0 atom stereocenters. The molecule has 0 saturated carbocycles. The standard InChI is InChI=1S/C26H24BrN5O2S/c1-2-16-34-23-14-8-19(9-15-23)17-28-29-24(33)18-35-26-31-30-25(20-6-4-3-5-7-20)32(26)22-12-10-21(27)11-13-22/h3-15,17H,2,16,18H2,1H3,(H,29,33)/b28-17-. The van der Waals surface area contributed by atoms with Crippen LogP contribution in [0.15, 0.2) is 93.6 Å². The number of thioether (sulfide) groups is 1. The summed E-state index contributed by atoms with van der Waals surface area (Å²) >= 11 is 4.78. The molecular formula is C26H24BrN5O2S. The number of carbonyl (C=O) groups excluding carboxylic acids is 1. The fourth-order valence-corrected chi connectivity index (χ4v) is 4.18. The van der Waals surface area contributed by atoms with Gasteiger partial charge in [-0.15, -0.1) is 10.2 Å². The molecular weight excluding hydrogens is 526 g/mol. The Labute approximate surface area is 216 Å². The Morgan fingerprint density at radius 1 is 1.06 bits per heavy atom. The fraction of sp³-hybridized carbons (Fsp3) is 0.154. The van der Waals surface area contributed by atoms with Crippen LogP contribution in [0.5, 0.6) is 5.75 Å².